The fraction of sp³-hybridized carbons (Fsp3) is 0.167. The van der Waals surface area contributed by atoms with E-state index in [2.05, 4.69) is 26.0 Å². The van der Waals surface area contributed by atoms with Crippen molar-refractivity contribution in [2.45, 2.75) is 13.8 Å². The van der Waals surface area contributed by atoms with Crippen LogP contribution in [0.2, 0.25) is 0 Å². The van der Waals surface area contributed by atoms with Gasteiger partial charge in [-0.2, -0.15) is 17.2 Å². The monoisotopic (exact) mass is 244 g/mol. The quantitative estimate of drug-likeness (QED) is 0.485. The molecule has 0 spiro atoms. The van der Waals surface area contributed by atoms with E-state index in [1.54, 1.807) is 5.19 Å². The Morgan fingerprint density at radius 3 is 1.71 bits per heavy atom. The summed E-state index contributed by atoms with van der Waals surface area (Å²) in [5, 5.41) is 1.54. The fourth-order valence-corrected chi connectivity index (χ4v) is 1.69. The minimum absolute atomic E-state index is 0. The van der Waals surface area contributed by atoms with Crippen molar-refractivity contribution in [1.82, 2.24) is 0 Å². The van der Waals surface area contributed by atoms with Gasteiger partial charge in [0.15, 0.2) is 0 Å². The molecular formula is C12H16FeSi-6. The zero-order valence-corrected chi connectivity index (χ0v) is 12.0. The first-order valence-corrected chi connectivity index (χ1v) is 5.58. The minimum atomic E-state index is 0. The van der Waals surface area contributed by atoms with Crippen molar-refractivity contribution < 1.29 is 17.1 Å². The molecule has 0 N–H and O–H groups in total. The maximum absolute atomic E-state index is 2.22. The molecule has 0 amide bonds. The molecule has 0 saturated carbocycles. The smallest absolute Gasteiger partial charge is 0 e. The Labute approximate surface area is 100.0 Å². The van der Waals surface area contributed by atoms with Gasteiger partial charge in [-0.3, -0.25) is 0 Å². The van der Waals surface area contributed by atoms with Crippen LogP contribution in [0.25, 0.3) is 0 Å². The zero-order chi connectivity index (χ0) is 9.68. The molecule has 0 heterocycles. The number of aryl methyl sites for hydroxylation is 1. The Hall–Kier alpha value is -0.564. The molecule has 0 aliphatic carbocycles. The van der Waals surface area contributed by atoms with Gasteiger partial charge in [0, 0.05) is 17.1 Å². The summed E-state index contributed by atoms with van der Waals surface area (Å²) in [5.74, 6) is 0. The second kappa shape index (κ2) is 6.83. The van der Waals surface area contributed by atoms with E-state index < -0.39 is 0 Å². The van der Waals surface area contributed by atoms with Gasteiger partial charge in [-0.1, -0.05) is 13.8 Å². The van der Waals surface area contributed by atoms with Crippen molar-refractivity contribution in [2.75, 3.05) is 0 Å². The van der Waals surface area contributed by atoms with Gasteiger partial charge in [-0.15, -0.1) is 0 Å². The summed E-state index contributed by atoms with van der Waals surface area (Å²) in [5.41, 5.74) is 2.94. The third-order valence-corrected chi connectivity index (χ3v) is 3.41. The van der Waals surface area contributed by atoms with Gasteiger partial charge in [0.25, 0.3) is 0 Å². The molecule has 2 aromatic carbocycles. The molecule has 0 fully saturated rings. The number of hydrogen-bond acceptors (Lipinski definition) is 0. The molecule has 2 aromatic rings. The van der Waals surface area contributed by atoms with Gasteiger partial charge in [0.05, 0.1) is 0 Å². The van der Waals surface area contributed by atoms with Gasteiger partial charge in [0.1, 0.15) is 0 Å². The van der Waals surface area contributed by atoms with Crippen molar-refractivity contribution >= 4 is 15.4 Å². The van der Waals surface area contributed by atoms with Gasteiger partial charge < -0.3 is 30.3 Å². The van der Waals surface area contributed by atoms with Crippen LogP contribution in [0.3, 0.4) is 0 Å². The van der Waals surface area contributed by atoms with Crippen LogP contribution in [0.15, 0.2) is 42.5 Å². The first kappa shape index (κ1) is 13.4. The Morgan fingerprint density at radius 2 is 1.57 bits per heavy atom. The van der Waals surface area contributed by atoms with E-state index in [4.69, 9.17) is 0 Å². The van der Waals surface area contributed by atoms with Crippen LogP contribution >= 0.6 is 0 Å². The predicted octanol–water partition coefficient (Wildman–Crippen LogP) is 1.42. The molecule has 0 aliphatic heterocycles. The molecule has 0 radical (unpaired) electrons. The summed E-state index contributed by atoms with van der Waals surface area (Å²) in [6, 6.07) is 14.4. The minimum Gasteiger partial charge on any atom is -0.748 e. The fourth-order valence-electron chi connectivity index (χ4n) is 1.13. The Kier molecular flexibility index (Phi) is 6.55. The molecule has 0 aliphatic rings. The van der Waals surface area contributed by atoms with Crippen molar-refractivity contribution in [3.05, 3.63) is 53.6 Å². The molecule has 82 valence electrons. The normalized spacial score (nSPS) is 8.71. The summed E-state index contributed by atoms with van der Waals surface area (Å²) in [4.78, 5) is 0. The van der Waals surface area contributed by atoms with Crippen molar-refractivity contribution in [3.8, 4) is 0 Å². The van der Waals surface area contributed by atoms with Crippen LogP contribution in [0.4, 0.5) is 0 Å². The number of hydrogen-bond donors (Lipinski definition) is 0. The van der Waals surface area contributed by atoms with E-state index in [-0.39, 0.29) is 17.1 Å². The number of rotatable bonds is 0. The molecule has 0 saturated heterocycles. The summed E-state index contributed by atoms with van der Waals surface area (Å²) in [6.45, 7) is 4.36. The van der Waals surface area contributed by atoms with Crippen LogP contribution in [-0.4, -0.2) is 10.2 Å². The third kappa shape index (κ3) is 4.10. The van der Waals surface area contributed by atoms with E-state index in [1.165, 1.54) is 21.4 Å². The average molecular weight is 244 g/mol. The largest absolute Gasteiger partial charge is 0.748 e. The molecule has 2 heteroatoms. The SMILES string of the molecule is Cc1c([SiH3])cc[c-]1C.[Fe].[cH-]1[cH-][cH-][cH-][cH-]1. The van der Waals surface area contributed by atoms with Gasteiger partial charge in [-0.25, -0.2) is 11.3 Å². The molecule has 14 heavy (non-hydrogen) atoms. The molecule has 0 unspecified atom stereocenters. The molecule has 2 rings (SSSR count). The van der Waals surface area contributed by atoms with Gasteiger partial charge in [0.2, 0.25) is 0 Å². The molecule has 0 aromatic heterocycles. The van der Waals surface area contributed by atoms with E-state index in [0.29, 0.717) is 0 Å². The first-order chi connectivity index (χ1) is 6.22. The van der Waals surface area contributed by atoms with Crippen LogP contribution in [-0.2, 0) is 17.1 Å². The third-order valence-electron chi connectivity index (χ3n) is 2.32. The summed E-state index contributed by atoms with van der Waals surface area (Å²) >= 11 is 0. The van der Waals surface area contributed by atoms with E-state index >= 15 is 0 Å². The topological polar surface area (TPSA) is 0 Å². The molecule has 0 bridgehead atoms. The van der Waals surface area contributed by atoms with E-state index in [1.807, 2.05) is 30.3 Å². The van der Waals surface area contributed by atoms with Crippen LogP contribution in [0.5, 0.6) is 0 Å². The maximum Gasteiger partial charge on any atom is 0 e. The van der Waals surface area contributed by atoms with Gasteiger partial charge >= 0.3 is 0 Å². The Bertz CT molecular complexity index is 296. The first-order valence-electron chi connectivity index (χ1n) is 4.58. The molecule has 0 atom stereocenters. The van der Waals surface area contributed by atoms with Crippen molar-refractivity contribution in [2.24, 2.45) is 0 Å². The average Bonchev–Trinajstić information content (AvgIpc) is 2.75. The standard InChI is InChI=1S/C7H11Si.C5H5.Fe/c1-5-3-4-7(8)6(5)2;1-2-4-5-3-1;/h3-4H,1-2,8H3;1-5H;/q-1;-5;. The van der Waals surface area contributed by atoms with E-state index in [0.717, 1.165) is 0 Å². The molecular weight excluding hydrogens is 228 g/mol. The Balaban J connectivity index is 0.000000246. The predicted molar refractivity (Wildman–Crippen MR) is 63.1 cm³/mol. The summed E-state index contributed by atoms with van der Waals surface area (Å²) in [7, 11) is 1.20. The second-order valence-electron chi connectivity index (χ2n) is 3.29. The maximum atomic E-state index is 2.22. The molecule has 0 nitrogen and oxygen atoms in total. The van der Waals surface area contributed by atoms with E-state index in [9.17, 15) is 0 Å². The van der Waals surface area contributed by atoms with Gasteiger partial charge in [-0.05, 0) is 10.2 Å². The Morgan fingerprint density at radius 1 is 1.14 bits per heavy atom. The zero-order valence-electron chi connectivity index (χ0n) is 8.90. The summed E-state index contributed by atoms with van der Waals surface area (Å²) < 4.78 is 0. The van der Waals surface area contributed by atoms with Crippen LogP contribution in [0.1, 0.15) is 11.1 Å². The summed E-state index contributed by atoms with van der Waals surface area (Å²) in [6.07, 6.45) is 0. The van der Waals surface area contributed by atoms with Crippen molar-refractivity contribution in [1.29, 1.82) is 0 Å². The van der Waals surface area contributed by atoms with Crippen LogP contribution < -0.4 is 5.19 Å². The van der Waals surface area contributed by atoms with Crippen molar-refractivity contribution in [3.63, 3.8) is 0 Å². The second-order valence-corrected chi connectivity index (χ2v) is 4.36. The van der Waals surface area contributed by atoms with Crippen LogP contribution in [0, 0.1) is 13.8 Å².